The summed E-state index contributed by atoms with van der Waals surface area (Å²) in [5, 5.41) is 4.42. The van der Waals surface area contributed by atoms with E-state index in [1.54, 1.807) is 4.68 Å². The van der Waals surface area contributed by atoms with Crippen molar-refractivity contribution in [2.24, 2.45) is 7.05 Å². The largest absolute Gasteiger partial charge is 0.482 e. The number of para-hydroxylation sites is 1. The van der Waals surface area contributed by atoms with Crippen molar-refractivity contribution in [3.8, 4) is 5.75 Å². The van der Waals surface area contributed by atoms with Crippen molar-refractivity contribution in [3.63, 3.8) is 0 Å². The number of rotatable bonds is 4. The molecule has 0 N–H and O–H groups in total. The first-order chi connectivity index (χ1) is 10.1. The normalized spacial score (nSPS) is 16.6. The second kappa shape index (κ2) is 5.64. The molecule has 5 heteroatoms. The molecule has 0 bridgehead atoms. The Balaban J connectivity index is 1.75. The topological polar surface area (TPSA) is 44.1 Å². The van der Waals surface area contributed by atoms with Crippen LogP contribution in [0.4, 0.5) is 0 Å². The molecule has 1 aliphatic rings. The van der Waals surface area contributed by atoms with Gasteiger partial charge >= 0.3 is 0 Å². The first kappa shape index (κ1) is 14.3. The minimum atomic E-state index is -0.380. The molecule has 0 aliphatic carbocycles. The molecule has 21 heavy (non-hydrogen) atoms. The lowest BCUT2D eigenvalue weighted by Crippen LogP contribution is -2.27. The first-order valence-corrected chi connectivity index (χ1v) is 7.87. The van der Waals surface area contributed by atoms with Gasteiger partial charge in [-0.15, -0.1) is 0 Å². The molecule has 2 heterocycles. The number of hydrogen-bond acceptors (Lipinski definition) is 3. The summed E-state index contributed by atoms with van der Waals surface area (Å²) in [5.41, 5.74) is 3.00. The Morgan fingerprint density at radius 2 is 2.24 bits per heavy atom. The summed E-state index contributed by atoms with van der Waals surface area (Å²) in [4.78, 5) is 12.5. The van der Waals surface area contributed by atoms with Crippen molar-refractivity contribution in [2.75, 3.05) is 0 Å². The zero-order valence-electron chi connectivity index (χ0n) is 12.1. The van der Waals surface area contributed by atoms with Crippen LogP contribution in [0.25, 0.3) is 0 Å². The van der Waals surface area contributed by atoms with Crippen LogP contribution in [-0.2, 0) is 31.1 Å². The van der Waals surface area contributed by atoms with Crippen LogP contribution in [0.2, 0.25) is 0 Å². The van der Waals surface area contributed by atoms with Crippen LogP contribution >= 0.6 is 15.9 Å². The maximum atomic E-state index is 12.5. The van der Waals surface area contributed by atoms with Gasteiger partial charge in [0.2, 0.25) is 0 Å². The van der Waals surface area contributed by atoms with Crippen LogP contribution in [0, 0.1) is 0 Å². The minimum absolute atomic E-state index is 0.0950. The summed E-state index contributed by atoms with van der Waals surface area (Å²) in [6.45, 7) is 2.05. The zero-order chi connectivity index (χ0) is 15.0. The minimum Gasteiger partial charge on any atom is -0.482 e. The molecule has 110 valence electrons. The maximum absolute atomic E-state index is 12.5. The number of halogens is 1. The van der Waals surface area contributed by atoms with Gasteiger partial charge in [0.25, 0.3) is 0 Å². The van der Waals surface area contributed by atoms with Gasteiger partial charge in [0.1, 0.15) is 5.75 Å². The van der Waals surface area contributed by atoms with Crippen molar-refractivity contribution in [3.05, 3.63) is 45.7 Å². The Morgan fingerprint density at radius 1 is 1.48 bits per heavy atom. The average molecular weight is 349 g/mol. The highest BCUT2D eigenvalue weighted by atomic mass is 79.9. The van der Waals surface area contributed by atoms with Crippen molar-refractivity contribution in [1.82, 2.24) is 9.78 Å². The first-order valence-electron chi connectivity index (χ1n) is 7.07. The van der Waals surface area contributed by atoms with Crippen LogP contribution in [0.5, 0.6) is 5.75 Å². The number of carbonyl (C=O) groups excluding carboxylic acids is 1. The predicted molar refractivity (Wildman–Crippen MR) is 83.6 cm³/mol. The lowest BCUT2D eigenvalue weighted by molar-refractivity contribution is -0.124. The smallest absolute Gasteiger partial charge is 0.179 e. The molecular formula is C16H17BrN2O2. The number of ether oxygens (including phenoxy) is 1. The summed E-state index contributed by atoms with van der Waals surface area (Å²) in [6, 6.07) is 7.83. The molecule has 0 amide bonds. The van der Waals surface area contributed by atoms with E-state index in [2.05, 4.69) is 28.0 Å². The molecule has 0 spiro atoms. The van der Waals surface area contributed by atoms with E-state index in [1.807, 2.05) is 31.3 Å². The third-order valence-electron chi connectivity index (χ3n) is 3.85. The van der Waals surface area contributed by atoms with E-state index in [4.69, 9.17) is 4.74 Å². The number of aromatic nitrogens is 2. The monoisotopic (exact) mass is 348 g/mol. The van der Waals surface area contributed by atoms with Crippen LogP contribution in [-0.4, -0.2) is 21.7 Å². The molecule has 0 fully saturated rings. The van der Waals surface area contributed by atoms with Gasteiger partial charge in [0.05, 0.1) is 22.3 Å². The van der Waals surface area contributed by atoms with E-state index >= 15 is 0 Å². The van der Waals surface area contributed by atoms with Gasteiger partial charge in [-0.2, -0.15) is 5.10 Å². The molecule has 2 aromatic rings. The predicted octanol–water partition coefficient (Wildman–Crippen LogP) is 2.86. The van der Waals surface area contributed by atoms with Crippen molar-refractivity contribution in [2.45, 2.75) is 32.3 Å². The molecule has 3 rings (SSSR count). The quantitative estimate of drug-likeness (QED) is 0.853. The number of benzene rings is 1. The van der Waals surface area contributed by atoms with Crippen LogP contribution < -0.4 is 4.74 Å². The molecule has 1 aliphatic heterocycles. The summed E-state index contributed by atoms with van der Waals surface area (Å²) in [6.07, 6.45) is 1.45. The Kier molecular flexibility index (Phi) is 3.85. The lowest BCUT2D eigenvalue weighted by atomic mass is 10.0. The van der Waals surface area contributed by atoms with Crippen LogP contribution in [0.3, 0.4) is 0 Å². The van der Waals surface area contributed by atoms with Crippen molar-refractivity contribution < 1.29 is 9.53 Å². The molecule has 0 saturated heterocycles. The molecular weight excluding hydrogens is 332 g/mol. The maximum Gasteiger partial charge on any atom is 0.179 e. The number of nitrogens with zero attached hydrogens (tertiary/aromatic N) is 2. The lowest BCUT2D eigenvalue weighted by Gasteiger charge is -2.10. The number of hydrogen-bond donors (Lipinski definition) is 0. The standard InChI is InChI=1S/C16H17BrN2O2/c1-3-11-16(17)12(19(2)18-11)9-13(20)15-8-10-6-4-5-7-14(10)21-15/h4-7,15H,3,8-9H2,1-2H3. The third-order valence-corrected chi connectivity index (χ3v) is 4.77. The highest BCUT2D eigenvalue weighted by Gasteiger charge is 2.30. The average Bonchev–Trinajstić information content (AvgIpc) is 3.03. The SMILES string of the molecule is CCc1nn(C)c(CC(=O)C2Cc3ccccc3O2)c1Br. The van der Waals surface area contributed by atoms with Crippen molar-refractivity contribution >= 4 is 21.7 Å². The van der Waals surface area contributed by atoms with Crippen LogP contribution in [0.1, 0.15) is 23.9 Å². The molecule has 0 saturated carbocycles. The van der Waals surface area contributed by atoms with E-state index in [0.29, 0.717) is 12.8 Å². The van der Waals surface area contributed by atoms with Gasteiger partial charge in [0, 0.05) is 13.5 Å². The van der Waals surface area contributed by atoms with Gasteiger partial charge in [0.15, 0.2) is 11.9 Å². The van der Waals surface area contributed by atoms with Crippen LogP contribution in [0.15, 0.2) is 28.7 Å². The van der Waals surface area contributed by atoms with Gasteiger partial charge in [-0.05, 0) is 34.0 Å². The van der Waals surface area contributed by atoms with Gasteiger partial charge in [-0.3, -0.25) is 9.48 Å². The van der Waals surface area contributed by atoms with Crippen molar-refractivity contribution in [1.29, 1.82) is 0 Å². The summed E-state index contributed by atoms with van der Waals surface area (Å²) < 4.78 is 8.48. The molecule has 4 nitrogen and oxygen atoms in total. The van der Waals surface area contributed by atoms with E-state index in [0.717, 1.165) is 33.6 Å². The summed E-state index contributed by atoms with van der Waals surface area (Å²) >= 11 is 3.55. The molecule has 1 aromatic carbocycles. The van der Waals surface area contributed by atoms with Gasteiger partial charge < -0.3 is 4.74 Å². The summed E-state index contributed by atoms with van der Waals surface area (Å²) in [5.74, 6) is 0.923. The highest BCUT2D eigenvalue weighted by molar-refractivity contribution is 9.10. The molecule has 0 radical (unpaired) electrons. The molecule has 1 atom stereocenters. The van der Waals surface area contributed by atoms with E-state index in [-0.39, 0.29) is 11.9 Å². The number of aryl methyl sites for hydroxylation is 2. The third kappa shape index (κ3) is 2.62. The summed E-state index contributed by atoms with van der Waals surface area (Å²) in [7, 11) is 1.87. The molecule has 1 aromatic heterocycles. The Labute approximate surface area is 132 Å². The fourth-order valence-electron chi connectivity index (χ4n) is 2.65. The van der Waals surface area contributed by atoms with Gasteiger partial charge in [-0.1, -0.05) is 25.1 Å². The number of ketones is 1. The van der Waals surface area contributed by atoms with Gasteiger partial charge in [-0.25, -0.2) is 0 Å². The Hall–Kier alpha value is -1.62. The highest BCUT2D eigenvalue weighted by Crippen LogP contribution is 2.30. The Morgan fingerprint density at radius 3 is 2.90 bits per heavy atom. The zero-order valence-corrected chi connectivity index (χ0v) is 13.7. The number of carbonyl (C=O) groups is 1. The fourth-order valence-corrected chi connectivity index (χ4v) is 3.41. The molecule has 1 unspecified atom stereocenters. The van der Waals surface area contributed by atoms with E-state index in [1.165, 1.54) is 0 Å². The number of Topliss-reactive ketones (excluding diaryl/α,β-unsaturated/α-hetero) is 1. The fraction of sp³-hybridized carbons (Fsp3) is 0.375. The van der Waals surface area contributed by atoms with E-state index < -0.39 is 0 Å². The Bertz CT molecular complexity index is 669. The second-order valence-corrected chi connectivity index (χ2v) is 6.04. The second-order valence-electron chi connectivity index (χ2n) is 5.25. The number of fused-ring (bicyclic) bond motifs is 1. The van der Waals surface area contributed by atoms with E-state index in [9.17, 15) is 4.79 Å².